The molecule has 0 saturated heterocycles. The predicted octanol–water partition coefficient (Wildman–Crippen LogP) is 0.449. The van der Waals surface area contributed by atoms with E-state index in [0.29, 0.717) is 25.2 Å². The summed E-state index contributed by atoms with van der Waals surface area (Å²) in [4.78, 5) is 19.4. The van der Waals surface area contributed by atoms with Crippen molar-refractivity contribution in [2.75, 3.05) is 0 Å². The van der Waals surface area contributed by atoms with E-state index in [2.05, 4.69) is 25.5 Å². The zero-order valence-corrected chi connectivity index (χ0v) is 9.26. The van der Waals surface area contributed by atoms with Crippen molar-refractivity contribution in [1.82, 2.24) is 25.5 Å². The lowest BCUT2D eigenvalue weighted by molar-refractivity contribution is -0.121. The standard InChI is InChI=1S/C11H13N5O/c17-11(13-7-10-14-8-15-16-10)2-1-9-3-5-12-6-4-9/h3-6,8H,1-2,7H2,(H,13,17)(H,14,15,16). The summed E-state index contributed by atoms with van der Waals surface area (Å²) in [6, 6.07) is 3.81. The Morgan fingerprint density at radius 2 is 2.18 bits per heavy atom. The zero-order chi connectivity index (χ0) is 11.9. The first kappa shape index (κ1) is 11.3. The molecule has 0 aliphatic carbocycles. The quantitative estimate of drug-likeness (QED) is 0.782. The fourth-order valence-corrected chi connectivity index (χ4v) is 1.39. The molecule has 0 spiro atoms. The number of nitrogens with zero attached hydrogens (tertiary/aromatic N) is 3. The normalized spacial score (nSPS) is 10.1. The predicted molar refractivity (Wildman–Crippen MR) is 60.8 cm³/mol. The molecule has 1 amide bonds. The van der Waals surface area contributed by atoms with E-state index in [1.165, 1.54) is 6.33 Å². The van der Waals surface area contributed by atoms with Crippen LogP contribution in [0.25, 0.3) is 0 Å². The number of aromatic amines is 1. The van der Waals surface area contributed by atoms with Gasteiger partial charge in [-0.25, -0.2) is 4.98 Å². The molecule has 0 aliphatic rings. The van der Waals surface area contributed by atoms with Gasteiger partial charge in [0.2, 0.25) is 5.91 Å². The molecule has 0 unspecified atom stereocenters. The van der Waals surface area contributed by atoms with Gasteiger partial charge in [-0.2, -0.15) is 5.10 Å². The van der Waals surface area contributed by atoms with Gasteiger partial charge in [-0.15, -0.1) is 0 Å². The Bertz CT molecular complexity index is 454. The van der Waals surface area contributed by atoms with E-state index < -0.39 is 0 Å². The molecule has 0 radical (unpaired) electrons. The molecule has 0 bridgehead atoms. The van der Waals surface area contributed by atoms with Gasteiger partial charge in [0.15, 0.2) is 0 Å². The van der Waals surface area contributed by atoms with Gasteiger partial charge >= 0.3 is 0 Å². The van der Waals surface area contributed by atoms with Crippen LogP contribution in [0.5, 0.6) is 0 Å². The summed E-state index contributed by atoms with van der Waals surface area (Å²) in [5.41, 5.74) is 1.11. The third-order valence-corrected chi connectivity index (χ3v) is 2.31. The van der Waals surface area contributed by atoms with Gasteiger partial charge in [0.1, 0.15) is 12.2 Å². The monoisotopic (exact) mass is 231 g/mol. The highest BCUT2D eigenvalue weighted by Crippen LogP contribution is 2.00. The largest absolute Gasteiger partial charge is 0.349 e. The Morgan fingerprint density at radius 1 is 1.35 bits per heavy atom. The van der Waals surface area contributed by atoms with E-state index in [-0.39, 0.29) is 5.91 Å². The van der Waals surface area contributed by atoms with Crippen LogP contribution in [0.15, 0.2) is 30.9 Å². The van der Waals surface area contributed by atoms with Crippen LogP contribution in [-0.2, 0) is 17.8 Å². The minimum absolute atomic E-state index is 0.00166. The van der Waals surface area contributed by atoms with Crippen LogP contribution in [0.1, 0.15) is 17.8 Å². The first-order valence-corrected chi connectivity index (χ1v) is 5.34. The third-order valence-electron chi connectivity index (χ3n) is 2.31. The van der Waals surface area contributed by atoms with Crippen molar-refractivity contribution in [2.45, 2.75) is 19.4 Å². The van der Waals surface area contributed by atoms with Crippen molar-refractivity contribution >= 4 is 5.91 Å². The molecule has 2 aromatic rings. The number of carbonyl (C=O) groups is 1. The summed E-state index contributed by atoms with van der Waals surface area (Å²) in [5.74, 6) is 0.653. The van der Waals surface area contributed by atoms with E-state index in [4.69, 9.17) is 0 Å². The average molecular weight is 231 g/mol. The van der Waals surface area contributed by atoms with Gasteiger partial charge in [-0.05, 0) is 24.1 Å². The molecule has 88 valence electrons. The van der Waals surface area contributed by atoms with Crippen LogP contribution in [0, 0.1) is 0 Å². The topological polar surface area (TPSA) is 83.6 Å². The molecule has 0 aromatic carbocycles. The maximum Gasteiger partial charge on any atom is 0.220 e. The molecule has 2 rings (SSSR count). The summed E-state index contributed by atoms with van der Waals surface area (Å²) in [7, 11) is 0. The smallest absolute Gasteiger partial charge is 0.220 e. The number of pyridine rings is 1. The lowest BCUT2D eigenvalue weighted by atomic mass is 10.1. The Morgan fingerprint density at radius 3 is 2.88 bits per heavy atom. The summed E-state index contributed by atoms with van der Waals surface area (Å²) in [6.45, 7) is 0.384. The molecular weight excluding hydrogens is 218 g/mol. The Balaban J connectivity index is 1.71. The van der Waals surface area contributed by atoms with Gasteiger partial charge < -0.3 is 5.32 Å². The Hall–Kier alpha value is -2.24. The fourth-order valence-electron chi connectivity index (χ4n) is 1.39. The number of nitrogens with one attached hydrogen (secondary N) is 2. The lowest BCUT2D eigenvalue weighted by Gasteiger charge is -2.03. The van der Waals surface area contributed by atoms with E-state index in [9.17, 15) is 4.79 Å². The third kappa shape index (κ3) is 3.67. The molecular formula is C11H13N5O. The number of amides is 1. The molecule has 17 heavy (non-hydrogen) atoms. The van der Waals surface area contributed by atoms with Crippen LogP contribution < -0.4 is 5.32 Å². The van der Waals surface area contributed by atoms with Crippen molar-refractivity contribution in [3.05, 3.63) is 42.2 Å². The van der Waals surface area contributed by atoms with Crippen molar-refractivity contribution in [3.63, 3.8) is 0 Å². The highest BCUT2D eigenvalue weighted by Gasteiger charge is 2.03. The molecule has 6 heteroatoms. The minimum Gasteiger partial charge on any atom is -0.349 e. The lowest BCUT2D eigenvalue weighted by Crippen LogP contribution is -2.23. The van der Waals surface area contributed by atoms with Gasteiger partial charge in [0.25, 0.3) is 0 Å². The van der Waals surface area contributed by atoms with Crippen molar-refractivity contribution in [3.8, 4) is 0 Å². The second-order valence-corrected chi connectivity index (χ2v) is 3.56. The SMILES string of the molecule is O=C(CCc1ccncc1)NCc1ncn[nH]1. The summed E-state index contributed by atoms with van der Waals surface area (Å²) in [5, 5.41) is 9.15. The van der Waals surface area contributed by atoms with E-state index in [1.54, 1.807) is 12.4 Å². The maximum absolute atomic E-state index is 11.5. The highest BCUT2D eigenvalue weighted by atomic mass is 16.1. The number of rotatable bonds is 5. The van der Waals surface area contributed by atoms with Crippen LogP contribution in [-0.4, -0.2) is 26.1 Å². The molecule has 2 aromatic heterocycles. The average Bonchev–Trinajstić information content (AvgIpc) is 2.88. The van der Waals surface area contributed by atoms with Crippen LogP contribution in [0.4, 0.5) is 0 Å². The second-order valence-electron chi connectivity index (χ2n) is 3.56. The summed E-state index contributed by atoms with van der Waals surface area (Å²) in [6.07, 6.45) is 6.03. The molecule has 2 heterocycles. The number of H-pyrrole nitrogens is 1. The molecule has 2 N–H and O–H groups in total. The van der Waals surface area contributed by atoms with Crippen molar-refractivity contribution in [2.24, 2.45) is 0 Å². The molecule has 0 aliphatic heterocycles. The van der Waals surface area contributed by atoms with Gasteiger partial charge in [0.05, 0.1) is 6.54 Å². The first-order valence-electron chi connectivity index (χ1n) is 5.34. The molecule has 0 saturated carbocycles. The second kappa shape index (κ2) is 5.74. The number of hydrogen-bond acceptors (Lipinski definition) is 4. The maximum atomic E-state index is 11.5. The summed E-state index contributed by atoms with van der Waals surface area (Å²) < 4.78 is 0. The summed E-state index contributed by atoms with van der Waals surface area (Å²) >= 11 is 0. The van der Waals surface area contributed by atoms with E-state index in [0.717, 1.165) is 5.56 Å². The Labute approximate surface area is 98.5 Å². The first-order chi connectivity index (χ1) is 8.34. The molecule has 0 atom stereocenters. The van der Waals surface area contributed by atoms with Crippen LogP contribution >= 0.6 is 0 Å². The fraction of sp³-hybridized carbons (Fsp3) is 0.273. The van der Waals surface area contributed by atoms with Crippen molar-refractivity contribution in [1.29, 1.82) is 0 Å². The number of aromatic nitrogens is 4. The van der Waals surface area contributed by atoms with Gasteiger partial charge in [-0.3, -0.25) is 14.9 Å². The minimum atomic E-state index is -0.00166. The van der Waals surface area contributed by atoms with Crippen LogP contribution in [0.3, 0.4) is 0 Å². The molecule has 6 nitrogen and oxygen atoms in total. The number of hydrogen-bond donors (Lipinski definition) is 2. The van der Waals surface area contributed by atoms with Gasteiger partial charge in [0, 0.05) is 18.8 Å². The van der Waals surface area contributed by atoms with Crippen LogP contribution in [0.2, 0.25) is 0 Å². The highest BCUT2D eigenvalue weighted by molar-refractivity contribution is 5.76. The number of aryl methyl sites for hydroxylation is 1. The Kier molecular flexibility index (Phi) is 3.80. The van der Waals surface area contributed by atoms with E-state index in [1.807, 2.05) is 12.1 Å². The zero-order valence-electron chi connectivity index (χ0n) is 9.26. The van der Waals surface area contributed by atoms with Crippen molar-refractivity contribution < 1.29 is 4.79 Å². The van der Waals surface area contributed by atoms with Gasteiger partial charge in [-0.1, -0.05) is 0 Å². The number of carbonyl (C=O) groups excluding carboxylic acids is 1. The molecule has 0 fully saturated rings. The van der Waals surface area contributed by atoms with E-state index >= 15 is 0 Å².